The van der Waals surface area contributed by atoms with Crippen LogP contribution in [0.2, 0.25) is 0 Å². The Kier molecular flexibility index (Phi) is 7.75. The highest BCUT2D eigenvalue weighted by molar-refractivity contribution is 6.37. The predicted molar refractivity (Wildman–Crippen MR) is 159 cm³/mol. The maximum atomic E-state index is 13.4. The number of carbonyl (C=O) groups excluding carboxylic acids is 3. The van der Waals surface area contributed by atoms with Gasteiger partial charge in [-0.05, 0) is 62.6 Å². The summed E-state index contributed by atoms with van der Waals surface area (Å²) in [6.45, 7) is 0.667. The van der Waals surface area contributed by atoms with Crippen molar-refractivity contribution < 1.29 is 19.1 Å². The van der Waals surface area contributed by atoms with Crippen molar-refractivity contribution in [3.8, 4) is 0 Å². The number of fused-ring (bicyclic) bond motifs is 2. The highest BCUT2D eigenvalue weighted by Gasteiger charge is 2.29. The molecule has 208 valence electrons. The van der Waals surface area contributed by atoms with Crippen LogP contribution in [0.4, 0.5) is 17.1 Å². The van der Waals surface area contributed by atoms with Gasteiger partial charge in [0.1, 0.15) is 0 Å². The molecule has 0 spiro atoms. The molecule has 1 aromatic heterocycles. The molecule has 2 amide bonds. The Morgan fingerprint density at radius 1 is 0.902 bits per heavy atom. The lowest BCUT2D eigenvalue weighted by molar-refractivity contribution is -0.118. The van der Waals surface area contributed by atoms with Gasteiger partial charge in [0.25, 0.3) is 5.91 Å². The topological polar surface area (TPSA) is 117 Å². The third-order valence-corrected chi connectivity index (χ3v) is 6.86. The summed E-state index contributed by atoms with van der Waals surface area (Å²) in [6, 6.07) is 18.0. The summed E-state index contributed by atoms with van der Waals surface area (Å²) in [5.41, 5.74) is 6.08. The van der Waals surface area contributed by atoms with E-state index in [4.69, 9.17) is 4.74 Å². The molecule has 0 saturated carbocycles. The Bertz CT molecular complexity index is 1680. The molecular formula is C31H30N6O4. The van der Waals surface area contributed by atoms with Crippen LogP contribution in [0.15, 0.2) is 73.1 Å². The molecule has 10 heteroatoms. The first-order valence-electron chi connectivity index (χ1n) is 13.0. The van der Waals surface area contributed by atoms with Gasteiger partial charge in [0.05, 0.1) is 40.7 Å². The van der Waals surface area contributed by atoms with Crippen LogP contribution in [0.1, 0.15) is 27.9 Å². The fraction of sp³-hybridized carbons (Fsp3) is 0.194. The van der Waals surface area contributed by atoms with Gasteiger partial charge in [-0.2, -0.15) is 0 Å². The van der Waals surface area contributed by atoms with Crippen LogP contribution in [0.25, 0.3) is 22.3 Å². The molecule has 1 aliphatic heterocycles. The summed E-state index contributed by atoms with van der Waals surface area (Å²) in [5.74, 6) is -0.784. The number of anilines is 3. The fourth-order valence-electron chi connectivity index (χ4n) is 4.61. The van der Waals surface area contributed by atoms with Gasteiger partial charge >= 0.3 is 5.97 Å². The average Bonchev–Trinajstić information content (AvgIpc) is 3.32. The zero-order valence-electron chi connectivity index (χ0n) is 23.3. The van der Waals surface area contributed by atoms with Crippen molar-refractivity contribution in [3.05, 3.63) is 89.7 Å². The van der Waals surface area contributed by atoms with Crippen molar-refractivity contribution >= 4 is 57.1 Å². The number of nitrogens with one attached hydrogen (secondary N) is 2. The van der Waals surface area contributed by atoms with E-state index >= 15 is 0 Å². The van der Waals surface area contributed by atoms with Crippen LogP contribution in [0.3, 0.4) is 0 Å². The molecule has 10 nitrogen and oxygen atoms in total. The molecule has 3 aromatic carbocycles. The van der Waals surface area contributed by atoms with Gasteiger partial charge in [0, 0.05) is 54.9 Å². The van der Waals surface area contributed by atoms with Crippen LogP contribution in [-0.2, 0) is 14.3 Å². The zero-order chi connectivity index (χ0) is 29.1. The first kappa shape index (κ1) is 27.5. The largest absolute Gasteiger partial charge is 0.465 e. The van der Waals surface area contributed by atoms with Gasteiger partial charge in [-0.15, -0.1) is 0 Å². The van der Waals surface area contributed by atoms with Crippen molar-refractivity contribution in [2.24, 2.45) is 0 Å². The van der Waals surface area contributed by atoms with Gasteiger partial charge in [0.2, 0.25) is 5.91 Å². The number of hydrogen-bond acceptors (Lipinski definition) is 8. The van der Waals surface area contributed by atoms with E-state index in [1.54, 1.807) is 42.5 Å². The number of methoxy groups -OCH3 is 1. The Labute approximate surface area is 237 Å². The molecule has 0 radical (unpaired) electrons. The number of amides is 2. The third-order valence-electron chi connectivity index (χ3n) is 6.86. The normalized spacial score (nSPS) is 13.5. The zero-order valence-corrected chi connectivity index (χ0v) is 23.3. The molecule has 0 unspecified atom stereocenters. The summed E-state index contributed by atoms with van der Waals surface area (Å²) in [5, 5.41) is 6.30. The molecule has 4 aromatic rings. The van der Waals surface area contributed by atoms with E-state index in [1.807, 2.05) is 61.5 Å². The van der Waals surface area contributed by atoms with Gasteiger partial charge in [-0.3, -0.25) is 19.6 Å². The molecule has 41 heavy (non-hydrogen) atoms. The quantitative estimate of drug-likeness (QED) is 0.247. The number of benzene rings is 3. The van der Waals surface area contributed by atoms with Gasteiger partial charge in [0.15, 0.2) is 0 Å². The summed E-state index contributed by atoms with van der Waals surface area (Å²) in [4.78, 5) is 50.5. The smallest absolute Gasteiger partial charge is 0.337 e. The summed E-state index contributed by atoms with van der Waals surface area (Å²) < 4.78 is 4.84. The summed E-state index contributed by atoms with van der Waals surface area (Å²) >= 11 is 0. The minimum Gasteiger partial charge on any atom is -0.465 e. The van der Waals surface area contributed by atoms with Crippen molar-refractivity contribution in [1.82, 2.24) is 14.9 Å². The second-order valence-electron chi connectivity index (χ2n) is 9.89. The molecule has 0 fully saturated rings. The van der Waals surface area contributed by atoms with Crippen LogP contribution in [0, 0.1) is 0 Å². The number of hydrogen-bond donors (Lipinski definition) is 2. The SMILES string of the molecule is COC(=O)c1ccc2c(c1)NC(=O)C2=C(Nc1ccc(N(C)C(=O)CCN(C)C)cc1)c1ccc2nccnc2c1. The molecule has 0 saturated heterocycles. The Hall–Kier alpha value is -5.09. The number of nitrogens with zero attached hydrogens (tertiary/aromatic N) is 4. The highest BCUT2D eigenvalue weighted by Crippen LogP contribution is 2.38. The number of carbonyl (C=O) groups is 3. The monoisotopic (exact) mass is 550 g/mol. The molecule has 5 rings (SSSR count). The van der Waals surface area contributed by atoms with Gasteiger partial charge in [-0.1, -0.05) is 12.1 Å². The maximum Gasteiger partial charge on any atom is 0.337 e. The van der Waals surface area contributed by atoms with Crippen LogP contribution in [-0.4, -0.2) is 67.4 Å². The Morgan fingerprint density at radius 2 is 1.61 bits per heavy atom. The third kappa shape index (κ3) is 5.78. The van der Waals surface area contributed by atoms with Crippen LogP contribution >= 0.6 is 0 Å². The number of esters is 1. The maximum absolute atomic E-state index is 13.4. The van der Waals surface area contributed by atoms with Gasteiger partial charge < -0.3 is 25.2 Å². The first-order chi connectivity index (χ1) is 19.7. The Morgan fingerprint density at radius 3 is 2.32 bits per heavy atom. The second kappa shape index (κ2) is 11.6. The minimum absolute atomic E-state index is 0.0186. The van der Waals surface area contributed by atoms with E-state index in [2.05, 4.69) is 20.6 Å². The predicted octanol–water partition coefficient (Wildman–Crippen LogP) is 4.26. The lowest BCUT2D eigenvalue weighted by Crippen LogP contribution is -2.29. The number of aromatic nitrogens is 2. The molecule has 1 aliphatic rings. The minimum atomic E-state index is -0.490. The molecule has 2 N–H and O–H groups in total. The molecule has 0 bridgehead atoms. The first-order valence-corrected chi connectivity index (χ1v) is 13.0. The van der Waals surface area contributed by atoms with E-state index in [0.717, 1.165) is 22.5 Å². The molecule has 2 heterocycles. The summed E-state index contributed by atoms with van der Waals surface area (Å²) in [7, 11) is 6.94. The fourth-order valence-corrected chi connectivity index (χ4v) is 4.61. The van der Waals surface area contributed by atoms with Crippen LogP contribution in [0.5, 0.6) is 0 Å². The van der Waals surface area contributed by atoms with E-state index < -0.39 is 5.97 Å². The lowest BCUT2D eigenvalue weighted by Gasteiger charge is -2.20. The number of rotatable bonds is 8. The molecular weight excluding hydrogens is 520 g/mol. The van der Waals surface area contributed by atoms with Gasteiger partial charge in [-0.25, -0.2) is 4.79 Å². The van der Waals surface area contributed by atoms with Crippen molar-refractivity contribution in [1.29, 1.82) is 0 Å². The van der Waals surface area contributed by atoms with E-state index in [9.17, 15) is 14.4 Å². The standard InChI is InChI=1S/C31H30N6O4/c1-36(2)16-13-27(38)37(3)22-9-7-21(8-10-22)34-29(19-6-12-24-26(17-19)33-15-14-32-24)28-23-11-5-20(31(40)41-4)18-25(23)35-30(28)39/h5-12,14-15,17-18,34H,13,16H2,1-4H3,(H,35,39). The van der Waals surface area contributed by atoms with Crippen molar-refractivity contribution in [2.75, 3.05) is 50.3 Å². The number of ether oxygens (including phenoxy) is 1. The summed E-state index contributed by atoms with van der Waals surface area (Å²) in [6.07, 6.45) is 3.66. The van der Waals surface area contributed by atoms with Crippen molar-refractivity contribution in [2.45, 2.75) is 6.42 Å². The van der Waals surface area contributed by atoms with E-state index in [-0.39, 0.29) is 11.8 Å². The second-order valence-corrected chi connectivity index (χ2v) is 9.89. The van der Waals surface area contributed by atoms with Crippen LogP contribution < -0.4 is 15.5 Å². The molecule has 0 aliphatic carbocycles. The average molecular weight is 551 g/mol. The van der Waals surface area contributed by atoms with E-state index in [0.29, 0.717) is 46.6 Å². The van der Waals surface area contributed by atoms with Crippen molar-refractivity contribution in [3.63, 3.8) is 0 Å². The lowest BCUT2D eigenvalue weighted by atomic mass is 9.98. The molecule has 0 atom stereocenters. The van der Waals surface area contributed by atoms with E-state index in [1.165, 1.54) is 7.11 Å². The highest BCUT2D eigenvalue weighted by atomic mass is 16.5. The Balaban J connectivity index is 1.54.